The molecule has 2 aliphatic carbocycles. The maximum Gasteiger partial charge on any atom is 0.0944 e. The predicted octanol–water partition coefficient (Wildman–Crippen LogP) is 3.64. The van der Waals surface area contributed by atoms with Gasteiger partial charge in [0.2, 0.25) is 0 Å². The number of rotatable bonds is 5. The first-order valence-electron chi connectivity index (χ1n) is 8.36. The van der Waals surface area contributed by atoms with Gasteiger partial charge in [-0.15, -0.1) is 11.3 Å². The van der Waals surface area contributed by atoms with E-state index in [1.165, 1.54) is 42.8 Å². The smallest absolute Gasteiger partial charge is 0.0944 e. The Morgan fingerprint density at radius 3 is 2.71 bits per heavy atom. The summed E-state index contributed by atoms with van der Waals surface area (Å²) in [6, 6.07) is 0.383. The maximum atomic E-state index is 5.82. The molecule has 2 fully saturated rings. The van der Waals surface area contributed by atoms with Crippen molar-refractivity contribution >= 4 is 11.3 Å². The summed E-state index contributed by atoms with van der Waals surface area (Å²) in [7, 11) is 0. The van der Waals surface area contributed by atoms with E-state index in [9.17, 15) is 0 Å². The highest BCUT2D eigenvalue weighted by Crippen LogP contribution is 2.50. The monoisotopic (exact) mass is 307 g/mol. The molecule has 118 valence electrons. The number of thiazole rings is 1. The molecular formula is C17H29N3S. The fourth-order valence-corrected chi connectivity index (χ4v) is 5.30. The van der Waals surface area contributed by atoms with Crippen LogP contribution in [-0.4, -0.2) is 11.0 Å². The van der Waals surface area contributed by atoms with Gasteiger partial charge in [-0.05, 0) is 43.4 Å². The van der Waals surface area contributed by atoms with Crippen molar-refractivity contribution in [1.82, 2.24) is 10.4 Å². The lowest BCUT2D eigenvalue weighted by atomic mass is 9.84. The Morgan fingerprint density at radius 2 is 2.19 bits per heavy atom. The molecular weight excluding hydrogens is 278 g/mol. The lowest BCUT2D eigenvalue weighted by Gasteiger charge is -2.26. The summed E-state index contributed by atoms with van der Waals surface area (Å²) in [5.41, 5.74) is 4.40. The predicted molar refractivity (Wildman–Crippen MR) is 89.2 cm³/mol. The zero-order valence-electron chi connectivity index (χ0n) is 13.6. The molecule has 2 saturated carbocycles. The van der Waals surface area contributed by atoms with E-state index in [0.717, 1.165) is 24.2 Å². The van der Waals surface area contributed by atoms with Crippen LogP contribution in [0.5, 0.6) is 0 Å². The zero-order valence-corrected chi connectivity index (χ0v) is 14.4. The van der Waals surface area contributed by atoms with Crippen LogP contribution in [0.25, 0.3) is 0 Å². The first-order valence-corrected chi connectivity index (χ1v) is 9.24. The fourth-order valence-electron chi connectivity index (χ4n) is 4.20. The normalized spacial score (nSPS) is 30.0. The molecule has 0 amide bonds. The minimum Gasteiger partial charge on any atom is -0.271 e. The molecule has 0 saturated heterocycles. The summed E-state index contributed by atoms with van der Waals surface area (Å²) in [6.45, 7) is 6.67. The topological polar surface area (TPSA) is 50.9 Å². The van der Waals surface area contributed by atoms with Gasteiger partial charge in [0, 0.05) is 23.3 Å². The highest BCUT2D eigenvalue weighted by Gasteiger charge is 2.40. The molecule has 0 spiro atoms. The maximum absolute atomic E-state index is 5.82. The van der Waals surface area contributed by atoms with E-state index in [1.54, 1.807) is 11.3 Å². The zero-order chi connectivity index (χ0) is 15.0. The van der Waals surface area contributed by atoms with Crippen LogP contribution in [-0.2, 0) is 11.8 Å². The number of nitrogens with two attached hydrogens (primary N) is 1. The minimum atomic E-state index is 0.144. The van der Waals surface area contributed by atoms with Crippen LogP contribution in [0.4, 0.5) is 0 Å². The molecule has 3 N–H and O–H groups in total. The van der Waals surface area contributed by atoms with Gasteiger partial charge in [0.15, 0.2) is 0 Å². The Morgan fingerprint density at radius 1 is 1.38 bits per heavy atom. The van der Waals surface area contributed by atoms with Gasteiger partial charge in [-0.1, -0.05) is 27.2 Å². The molecule has 4 atom stereocenters. The standard InChI is InChI=1S/C17H29N3S/c1-17(2,3)15-10-21-16(19-15)9-14(20-18)8-13-7-11-4-5-12(13)6-11/h10-14,20H,4-9,18H2,1-3H3. The van der Waals surface area contributed by atoms with Crippen LogP contribution in [0.1, 0.15) is 63.6 Å². The number of hydrogen-bond acceptors (Lipinski definition) is 4. The Hall–Kier alpha value is -0.450. The summed E-state index contributed by atoms with van der Waals surface area (Å²) in [4.78, 5) is 4.81. The lowest BCUT2D eigenvalue weighted by Crippen LogP contribution is -2.39. The second-order valence-corrected chi connectivity index (χ2v) is 9.06. The highest BCUT2D eigenvalue weighted by atomic mass is 32.1. The first kappa shape index (κ1) is 15.4. The van der Waals surface area contributed by atoms with Crippen LogP contribution in [0, 0.1) is 17.8 Å². The minimum absolute atomic E-state index is 0.144. The number of nitrogens with zero attached hydrogens (tertiary/aromatic N) is 1. The van der Waals surface area contributed by atoms with Crippen LogP contribution >= 0.6 is 11.3 Å². The van der Waals surface area contributed by atoms with E-state index in [1.807, 2.05) is 0 Å². The summed E-state index contributed by atoms with van der Waals surface area (Å²) >= 11 is 1.79. The molecule has 0 aromatic carbocycles. The Bertz CT molecular complexity index is 477. The van der Waals surface area contributed by atoms with E-state index in [2.05, 4.69) is 31.6 Å². The molecule has 4 heteroatoms. The van der Waals surface area contributed by atoms with Gasteiger partial charge >= 0.3 is 0 Å². The molecule has 1 heterocycles. The van der Waals surface area contributed by atoms with Gasteiger partial charge in [-0.3, -0.25) is 11.3 Å². The van der Waals surface area contributed by atoms with E-state index in [0.29, 0.717) is 6.04 Å². The van der Waals surface area contributed by atoms with Crippen molar-refractivity contribution in [3.8, 4) is 0 Å². The van der Waals surface area contributed by atoms with Crippen molar-refractivity contribution in [2.24, 2.45) is 23.6 Å². The van der Waals surface area contributed by atoms with E-state index >= 15 is 0 Å². The summed E-state index contributed by atoms with van der Waals surface area (Å²) in [5, 5.41) is 3.44. The summed E-state index contributed by atoms with van der Waals surface area (Å²) in [6.07, 6.45) is 8.05. The van der Waals surface area contributed by atoms with Crippen molar-refractivity contribution in [3.63, 3.8) is 0 Å². The third kappa shape index (κ3) is 3.49. The van der Waals surface area contributed by atoms with Gasteiger partial charge in [0.1, 0.15) is 0 Å². The average Bonchev–Trinajstić information content (AvgIpc) is 3.12. The van der Waals surface area contributed by atoms with Gasteiger partial charge in [0.05, 0.1) is 10.7 Å². The molecule has 21 heavy (non-hydrogen) atoms. The van der Waals surface area contributed by atoms with E-state index < -0.39 is 0 Å². The van der Waals surface area contributed by atoms with Crippen LogP contribution < -0.4 is 11.3 Å². The molecule has 0 aliphatic heterocycles. The third-order valence-corrected chi connectivity index (χ3v) is 6.32. The molecule has 4 unspecified atom stereocenters. The van der Waals surface area contributed by atoms with E-state index in [-0.39, 0.29) is 5.41 Å². The van der Waals surface area contributed by atoms with Gasteiger partial charge in [0.25, 0.3) is 0 Å². The second-order valence-electron chi connectivity index (χ2n) is 8.11. The largest absolute Gasteiger partial charge is 0.271 e. The van der Waals surface area contributed by atoms with Crippen molar-refractivity contribution < 1.29 is 0 Å². The molecule has 3 nitrogen and oxygen atoms in total. The second kappa shape index (κ2) is 5.98. The molecule has 3 rings (SSSR count). The lowest BCUT2D eigenvalue weighted by molar-refractivity contribution is 0.277. The van der Waals surface area contributed by atoms with Crippen molar-refractivity contribution in [1.29, 1.82) is 0 Å². The quantitative estimate of drug-likeness (QED) is 0.645. The summed E-state index contributed by atoms with van der Waals surface area (Å²) < 4.78 is 0. The fraction of sp³-hybridized carbons (Fsp3) is 0.824. The molecule has 1 aromatic rings. The molecule has 0 radical (unpaired) electrons. The third-order valence-electron chi connectivity index (χ3n) is 5.45. The van der Waals surface area contributed by atoms with Crippen LogP contribution in [0.3, 0.4) is 0 Å². The van der Waals surface area contributed by atoms with Crippen molar-refractivity contribution in [3.05, 3.63) is 16.1 Å². The molecule has 1 aromatic heterocycles. The van der Waals surface area contributed by atoms with E-state index in [4.69, 9.17) is 10.8 Å². The number of hydrogen-bond donors (Lipinski definition) is 2. The van der Waals surface area contributed by atoms with Gasteiger partial charge in [-0.2, -0.15) is 0 Å². The Kier molecular flexibility index (Phi) is 4.40. The van der Waals surface area contributed by atoms with Gasteiger partial charge in [-0.25, -0.2) is 4.98 Å². The highest BCUT2D eigenvalue weighted by molar-refractivity contribution is 7.09. The first-order chi connectivity index (χ1) is 9.95. The number of aromatic nitrogens is 1. The van der Waals surface area contributed by atoms with Crippen LogP contribution in [0.15, 0.2) is 5.38 Å². The average molecular weight is 308 g/mol. The Labute approximate surface area is 132 Å². The van der Waals surface area contributed by atoms with Crippen LogP contribution in [0.2, 0.25) is 0 Å². The van der Waals surface area contributed by atoms with Gasteiger partial charge < -0.3 is 0 Å². The number of hydrazine groups is 1. The van der Waals surface area contributed by atoms with Crippen molar-refractivity contribution in [2.45, 2.75) is 70.8 Å². The molecule has 2 bridgehead atoms. The number of fused-ring (bicyclic) bond motifs is 2. The SMILES string of the molecule is CC(C)(C)c1csc(CC(CC2CC3CCC2C3)NN)n1. The molecule has 2 aliphatic rings. The van der Waals surface area contributed by atoms with Crippen molar-refractivity contribution in [2.75, 3.05) is 0 Å². The Balaban J connectivity index is 1.58. The number of nitrogens with one attached hydrogen (secondary N) is 1. The summed E-state index contributed by atoms with van der Waals surface area (Å²) in [5.74, 6) is 8.71.